The number of aryl methyl sites for hydroxylation is 2. The maximum absolute atomic E-state index is 12.9. The molecular formula is C19H17NO3S. The van der Waals surface area contributed by atoms with Crippen LogP contribution in [0, 0.1) is 19.8 Å². The first kappa shape index (κ1) is 15.4. The fraction of sp³-hybridized carbons (Fsp3) is 0.263. The van der Waals surface area contributed by atoms with Gasteiger partial charge in [-0.25, -0.2) is 4.90 Å². The molecule has 0 aliphatic carbocycles. The third-order valence-corrected chi connectivity index (χ3v) is 6.10. The van der Waals surface area contributed by atoms with E-state index in [1.54, 1.807) is 6.07 Å². The van der Waals surface area contributed by atoms with Crippen LogP contribution in [0.2, 0.25) is 0 Å². The first-order valence-corrected chi connectivity index (χ1v) is 8.75. The zero-order chi connectivity index (χ0) is 17.0. The highest BCUT2D eigenvalue weighted by Gasteiger charge is 2.55. The van der Waals surface area contributed by atoms with Crippen LogP contribution in [0.3, 0.4) is 0 Å². The smallest absolute Gasteiger partial charge is 0.248 e. The Hall–Kier alpha value is -2.11. The zero-order valence-corrected chi connectivity index (χ0v) is 14.2. The molecule has 3 atom stereocenters. The molecule has 0 unspecified atom stereocenters. The Morgan fingerprint density at radius 3 is 2.54 bits per heavy atom. The van der Waals surface area contributed by atoms with Crippen molar-refractivity contribution >= 4 is 29.3 Å². The van der Waals surface area contributed by atoms with Crippen molar-refractivity contribution in [2.24, 2.45) is 5.92 Å². The molecule has 2 aromatic carbocycles. The Kier molecular flexibility index (Phi) is 3.51. The molecule has 24 heavy (non-hydrogen) atoms. The van der Waals surface area contributed by atoms with E-state index in [4.69, 9.17) is 0 Å². The average molecular weight is 339 g/mol. The predicted molar refractivity (Wildman–Crippen MR) is 92.9 cm³/mol. The van der Waals surface area contributed by atoms with Crippen LogP contribution < -0.4 is 4.90 Å². The van der Waals surface area contributed by atoms with Crippen LogP contribution in [0.5, 0.6) is 0 Å². The third-order valence-electron chi connectivity index (χ3n) is 4.73. The summed E-state index contributed by atoms with van der Waals surface area (Å²) in [5, 5.41) is 10.2. The Balaban J connectivity index is 1.79. The number of para-hydroxylation sites is 1. The summed E-state index contributed by atoms with van der Waals surface area (Å²) in [7, 11) is 0. The van der Waals surface area contributed by atoms with E-state index in [9.17, 15) is 14.7 Å². The molecule has 0 spiro atoms. The van der Waals surface area contributed by atoms with Crippen molar-refractivity contribution in [1.29, 1.82) is 0 Å². The van der Waals surface area contributed by atoms with Crippen LogP contribution in [0.4, 0.5) is 5.69 Å². The second-order valence-electron chi connectivity index (χ2n) is 6.35. The zero-order valence-electron chi connectivity index (χ0n) is 13.4. The fourth-order valence-electron chi connectivity index (χ4n) is 3.48. The van der Waals surface area contributed by atoms with Gasteiger partial charge in [0.05, 0.1) is 17.7 Å². The van der Waals surface area contributed by atoms with Crippen molar-refractivity contribution in [1.82, 2.24) is 0 Å². The minimum atomic E-state index is -0.948. The predicted octanol–water partition coefficient (Wildman–Crippen LogP) is 3.00. The molecule has 2 aliphatic heterocycles. The second kappa shape index (κ2) is 5.46. The van der Waals surface area contributed by atoms with Crippen LogP contribution in [-0.2, 0) is 9.59 Å². The summed E-state index contributed by atoms with van der Waals surface area (Å²) in [5.74, 6) is -1.28. The Labute approximate surface area is 144 Å². The number of nitrogens with zero attached hydrogens (tertiary/aromatic N) is 1. The first-order valence-electron chi connectivity index (χ1n) is 7.88. The highest BCUT2D eigenvalue weighted by molar-refractivity contribution is 8.00. The molecule has 4 nitrogen and oxygen atoms in total. The van der Waals surface area contributed by atoms with E-state index >= 15 is 0 Å². The molecule has 0 saturated carbocycles. The summed E-state index contributed by atoms with van der Waals surface area (Å²) in [6.45, 7) is 3.82. The Bertz CT molecular complexity index is 863. The van der Waals surface area contributed by atoms with Crippen LogP contribution in [0.15, 0.2) is 47.4 Å². The number of carbonyl (C=O) groups excluding carboxylic acids is 2. The van der Waals surface area contributed by atoms with Gasteiger partial charge in [0, 0.05) is 4.90 Å². The lowest BCUT2D eigenvalue weighted by atomic mass is 9.92. The van der Waals surface area contributed by atoms with Gasteiger partial charge >= 0.3 is 0 Å². The molecule has 2 heterocycles. The van der Waals surface area contributed by atoms with Crippen molar-refractivity contribution in [3.05, 3.63) is 59.2 Å². The SMILES string of the molecule is Cc1ccc2c(c1)[C@H](O)[C@H]1C(=O)N(c3ccccc3C)C(=O)[C@H]1S2. The number of aliphatic hydroxyl groups excluding tert-OH is 1. The lowest BCUT2D eigenvalue weighted by Crippen LogP contribution is -2.32. The molecule has 4 rings (SSSR count). The monoisotopic (exact) mass is 339 g/mol. The van der Waals surface area contributed by atoms with E-state index in [0.717, 1.165) is 21.6 Å². The van der Waals surface area contributed by atoms with Gasteiger partial charge in [0.15, 0.2) is 0 Å². The number of thioether (sulfide) groups is 1. The number of amides is 2. The van der Waals surface area contributed by atoms with Crippen molar-refractivity contribution in [2.75, 3.05) is 4.90 Å². The average Bonchev–Trinajstić information content (AvgIpc) is 2.80. The van der Waals surface area contributed by atoms with Gasteiger partial charge in [0.2, 0.25) is 11.8 Å². The fourth-order valence-corrected chi connectivity index (χ4v) is 4.83. The van der Waals surface area contributed by atoms with Gasteiger partial charge in [0.25, 0.3) is 0 Å². The molecular weight excluding hydrogens is 322 g/mol. The number of imide groups is 1. The van der Waals surface area contributed by atoms with Gasteiger partial charge in [-0.1, -0.05) is 35.9 Å². The van der Waals surface area contributed by atoms with Crippen LogP contribution in [-0.4, -0.2) is 22.2 Å². The number of fused-ring (bicyclic) bond motifs is 2. The first-order chi connectivity index (χ1) is 11.5. The molecule has 5 heteroatoms. The minimum absolute atomic E-state index is 0.241. The molecule has 1 fully saturated rings. The summed E-state index contributed by atoms with van der Waals surface area (Å²) in [6.07, 6.45) is -0.948. The van der Waals surface area contributed by atoms with Crippen molar-refractivity contribution in [2.45, 2.75) is 30.1 Å². The summed E-state index contributed by atoms with van der Waals surface area (Å²) in [5.41, 5.74) is 3.24. The van der Waals surface area contributed by atoms with Gasteiger partial charge < -0.3 is 5.11 Å². The number of anilines is 1. The maximum Gasteiger partial charge on any atom is 0.248 e. The minimum Gasteiger partial charge on any atom is -0.387 e. The van der Waals surface area contributed by atoms with Crippen molar-refractivity contribution < 1.29 is 14.7 Å². The molecule has 2 aromatic rings. The number of benzene rings is 2. The topological polar surface area (TPSA) is 57.6 Å². The molecule has 0 aromatic heterocycles. The summed E-state index contributed by atoms with van der Waals surface area (Å²) in [4.78, 5) is 28.0. The van der Waals surface area contributed by atoms with Crippen molar-refractivity contribution in [3.8, 4) is 0 Å². The molecule has 1 saturated heterocycles. The van der Waals surface area contributed by atoms with E-state index in [-0.39, 0.29) is 11.8 Å². The van der Waals surface area contributed by atoms with Crippen LogP contribution in [0.1, 0.15) is 22.8 Å². The highest BCUT2D eigenvalue weighted by Crippen LogP contribution is 2.49. The number of hydrogen-bond donors (Lipinski definition) is 1. The summed E-state index contributed by atoms with van der Waals surface area (Å²) >= 11 is 1.38. The molecule has 2 amide bonds. The lowest BCUT2D eigenvalue weighted by Gasteiger charge is -2.28. The number of aliphatic hydroxyl groups is 1. The number of hydrogen-bond acceptors (Lipinski definition) is 4. The third kappa shape index (κ3) is 2.12. The van der Waals surface area contributed by atoms with E-state index in [1.165, 1.54) is 16.7 Å². The van der Waals surface area contributed by atoms with Crippen LogP contribution >= 0.6 is 11.8 Å². The van der Waals surface area contributed by atoms with Gasteiger partial charge in [-0.15, -0.1) is 11.8 Å². The van der Waals surface area contributed by atoms with Gasteiger partial charge in [-0.3, -0.25) is 9.59 Å². The molecule has 0 bridgehead atoms. The standard InChI is InChI=1S/C19H17NO3S/c1-10-7-8-14-12(9-10)16(21)15-17(24-14)19(23)20(18(15)22)13-6-4-3-5-11(13)2/h3-9,15-17,21H,1-2H3/t15-,16+,17+/m1/s1. The van der Waals surface area contributed by atoms with E-state index in [2.05, 4.69) is 0 Å². The number of rotatable bonds is 1. The molecule has 0 radical (unpaired) electrons. The normalized spacial score (nSPS) is 25.6. The van der Waals surface area contributed by atoms with E-state index in [1.807, 2.05) is 50.2 Å². The quantitative estimate of drug-likeness (QED) is 0.812. The van der Waals surface area contributed by atoms with E-state index in [0.29, 0.717) is 5.69 Å². The second-order valence-corrected chi connectivity index (χ2v) is 7.53. The van der Waals surface area contributed by atoms with Gasteiger partial charge in [-0.2, -0.15) is 0 Å². The number of carbonyl (C=O) groups is 2. The Morgan fingerprint density at radius 1 is 1.04 bits per heavy atom. The van der Waals surface area contributed by atoms with Gasteiger partial charge in [0.1, 0.15) is 5.25 Å². The Morgan fingerprint density at radius 2 is 1.79 bits per heavy atom. The molecule has 1 N–H and O–H groups in total. The molecule has 2 aliphatic rings. The van der Waals surface area contributed by atoms with Crippen molar-refractivity contribution in [3.63, 3.8) is 0 Å². The summed E-state index contributed by atoms with van der Waals surface area (Å²) < 4.78 is 0. The van der Waals surface area contributed by atoms with E-state index < -0.39 is 17.3 Å². The van der Waals surface area contributed by atoms with Crippen LogP contribution in [0.25, 0.3) is 0 Å². The molecule has 122 valence electrons. The summed E-state index contributed by atoms with van der Waals surface area (Å²) in [6, 6.07) is 13.1. The lowest BCUT2D eigenvalue weighted by molar-refractivity contribution is -0.124. The maximum atomic E-state index is 12.9. The van der Waals surface area contributed by atoms with Gasteiger partial charge in [-0.05, 0) is 37.1 Å². The largest absolute Gasteiger partial charge is 0.387 e. The highest BCUT2D eigenvalue weighted by atomic mass is 32.2.